The Labute approximate surface area is 190 Å². The van der Waals surface area contributed by atoms with Crippen molar-refractivity contribution < 1.29 is 13.2 Å². The second kappa shape index (κ2) is 10.0. The van der Waals surface area contributed by atoms with Crippen molar-refractivity contribution in [3.05, 3.63) is 58.6 Å². The summed E-state index contributed by atoms with van der Waals surface area (Å²) in [6, 6.07) is 11.4. The van der Waals surface area contributed by atoms with E-state index >= 15 is 0 Å². The van der Waals surface area contributed by atoms with Gasteiger partial charge in [-0.05, 0) is 81.6 Å². The molecule has 0 saturated carbocycles. The molecular weight excluding hydrogens is 434 g/mol. The fraction of sp³-hybridized carbons (Fsp3) is 0.435. The van der Waals surface area contributed by atoms with Crippen molar-refractivity contribution in [3.8, 4) is 0 Å². The van der Waals surface area contributed by atoms with Gasteiger partial charge in [0.05, 0.1) is 15.5 Å². The second-order valence-corrected chi connectivity index (χ2v) is 10.5. The number of halogens is 1. The number of amides is 1. The lowest BCUT2D eigenvalue weighted by molar-refractivity contribution is 0.0921. The number of sulfonamides is 1. The van der Waals surface area contributed by atoms with Crippen molar-refractivity contribution in [2.45, 2.75) is 44.6 Å². The Hall–Kier alpha value is -2.09. The maximum atomic E-state index is 12.8. The number of aryl methyl sites for hydroxylation is 1. The normalized spacial score (nSPS) is 16.6. The molecule has 1 amide bonds. The van der Waals surface area contributed by atoms with E-state index in [0.29, 0.717) is 12.2 Å². The van der Waals surface area contributed by atoms with Crippen LogP contribution in [0.4, 0.5) is 5.69 Å². The first-order chi connectivity index (χ1) is 14.7. The maximum Gasteiger partial charge on any atom is 0.261 e. The molecule has 1 aliphatic heterocycles. The topological polar surface area (TPSA) is 78.5 Å². The van der Waals surface area contributed by atoms with Crippen molar-refractivity contribution in [2.24, 2.45) is 5.92 Å². The van der Waals surface area contributed by atoms with Crippen LogP contribution in [0.25, 0.3) is 0 Å². The van der Waals surface area contributed by atoms with Crippen molar-refractivity contribution in [3.63, 3.8) is 0 Å². The summed E-state index contributed by atoms with van der Waals surface area (Å²) >= 11 is 6.22. The smallest absolute Gasteiger partial charge is 0.261 e. The van der Waals surface area contributed by atoms with Crippen LogP contribution in [-0.2, 0) is 10.0 Å². The minimum Gasteiger partial charge on any atom is -0.350 e. The molecule has 1 heterocycles. The zero-order valence-corrected chi connectivity index (χ0v) is 19.8. The third kappa shape index (κ3) is 6.21. The number of likely N-dealkylation sites (tertiary alicyclic amines) is 1. The van der Waals surface area contributed by atoms with E-state index in [4.69, 9.17) is 11.6 Å². The minimum absolute atomic E-state index is 0.0124. The fourth-order valence-corrected chi connectivity index (χ4v) is 4.98. The summed E-state index contributed by atoms with van der Waals surface area (Å²) in [5.41, 5.74) is 1.55. The van der Waals surface area contributed by atoms with Gasteiger partial charge in [0, 0.05) is 18.3 Å². The maximum absolute atomic E-state index is 12.8. The van der Waals surface area contributed by atoms with Gasteiger partial charge in [0.1, 0.15) is 0 Å². The highest BCUT2D eigenvalue weighted by Crippen LogP contribution is 2.23. The van der Waals surface area contributed by atoms with Crippen LogP contribution in [0, 0.1) is 12.8 Å². The third-order valence-electron chi connectivity index (χ3n) is 5.76. The summed E-state index contributed by atoms with van der Waals surface area (Å²) in [4.78, 5) is 15.1. The van der Waals surface area contributed by atoms with Gasteiger partial charge in [-0.2, -0.15) is 0 Å². The molecule has 2 aromatic rings. The standard InChI is InChI=1S/C23H30ClN3O3S/c1-16-9-11-27(12-10-16)18(3)15-25-23(28)21-14-20(7-8-22(21)24)31(29,30)26-19-6-4-5-17(2)13-19/h4-8,13-14,16,18,26H,9-12,15H2,1-3H3,(H,25,28). The number of nitrogens with one attached hydrogen (secondary N) is 2. The molecule has 2 aromatic carbocycles. The van der Waals surface area contributed by atoms with Gasteiger partial charge in [0.2, 0.25) is 0 Å². The molecule has 0 bridgehead atoms. The zero-order chi connectivity index (χ0) is 22.6. The molecule has 1 saturated heterocycles. The lowest BCUT2D eigenvalue weighted by Gasteiger charge is -2.35. The first-order valence-electron chi connectivity index (χ1n) is 10.6. The Kier molecular flexibility index (Phi) is 7.62. The highest BCUT2D eigenvalue weighted by molar-refractivity contribution is 7.92. The third-order valence-corrected chi connectivity index (χ3v) is 7.47. The van der Waals surface area contributed by atoms with Crippen molar-refractivity contribution >= 4 is 33.2 Å². The Balaban J connectivity index is 1.69. The average molecular weight is 464 g/mol. The van der Waals surface area contributed by atoms with Crippen LogP contribution in [0.2, 0.25) is 5.02 Å². The molecule has 0 aromatic heterocycles. The zero-order valence-electron chi connectivity index (χ0n) is 18.2. The molecule has 1 atom stereocenters. The summed E-state index contributed by atoms with van der Waals surface area (Å²) in [7, 11) is -3.85. The Morgan fingerprint density at radius 3 is 2.58 bits per heavy atom. The second-order valence-electron chi connectivity index (χ2n) is 8.39. The van der Waals surface area contributed by atoms with Crippen LogP contribution in [0.1, 0.15) is 42.6 Å². The highest BCUT2D eigenvalue weighted by Gasteiger charge is 2.22. The molecule has 1 aliphatic rings. The Morgan fingerprint density at radius 1 is 1.19 bits per heavy atom. The van der Waals surface area contributed by atoms with Crippen LogP contribution in [0.5, 0.6) is 0 Å². The highest BCUT2D eigenvalue weighted by atomic mass is 35.5. The van der Waals surface area contributed by atoms with E-state index in [1.54, 1.807) is 18.2 Å². The summed E-state index contributed by atoms with van der Waals surface area (Å²) in [5, 5.41) is 3.12. The van der Waals surface area contributed by atoms with Crippen molar-refractivity contribution in [2.75, 3.05) is 24.4 Å². The predicted octanol–water partition coefficient (Wildman–Crippen LogP) is 4.30. The van der Waals surface area contributed by atoms with Gasteiger partial charge in [-0.3, -0.25) is 14.4 Å². The number of nitrogens with zero attached hydrogens (tertiary/aromatic N) is 1. The van der Waals surface area contributed by atoms with Crippen LogP contribution < -0.4 is 10.0 Å². The number of benzene rings is 2. The average Bonchev–Trinajstić information content (AvgIpc) is 2.72. The van der Waals surface area contributed by atoms with Crippen LogP contribution in [-0.4, -0.2) is 44.9 Å². The number of carbonyl (C=O) groups excluding carboxylic acids is 1. The molecule has 8 heteroatoms. The Bertz CT molecular complexity index is 1030. The first kappa shape index (κ1) is 23.6. The fourth-order valence-electron chi connectivity index (χ4n) is 3.70. The number of carbonyl (C=O) groups is 1. The van der Waals surface area contributed by atoms with Gasteiger partial charge < -0.3 is 5.32 Å². The van der Waals surface area contributed by atoms with Gasteiger partial charge in [-0.25, -0.2) is 8.42 Å². The number of rotatable bonds is 7. The van der Waals surface area contributed by atoms with Gasteiger partial charge in [0.25, 0.3) is 15.9 Å². The lowest BCUT2D eigenvalue weighted by Crippen LogP contribution is -2.45. The van der Waals surface area contributed by atoms with Crippen molar-refractivity contribution in [1.29, 1.82) is 0 Å². The molecule has 2 N–H and O–H groups in total. The van der Waals surface area contributed by atoms with Crippen LogP contribution >= 0.6 is 11.6 Å². The SMILES string of the molecule is Cc1cccc(NS(=O)(=O)c2ccc(Cl)c(C(=O)NCC(C)N3CCC(C)CC3)c2)c1. The quantitative estimate of drug-likeness (QED) is 0.641. The van der Waals surface area contributed by atoms with E-state index in [2.05, 4.69) is 28.8 Å². The molecule has 0 aliphatic carbocycles. The number of piperidine rings is 1. The number of hydrogen-bond acceptors (Lipinski definition) is 4. The molecule has 1 fully saturated rings. The summed E-state index contributed by atoms with van der Waals surface area (Å²) in [5.74, 6) is 0.366. The van der Waals surface area contributed by atoms with Gasteiger partial charge in [-0.15, -0.1) is 0 Å². The monoisotopic (exact) mass is 463 g/mol. The molecule has 3 rings (SSSR count). The summed E-state index contributed by atoms with van der Waals surface area (Å²) in [6.45, 7) is 8.76. The largest absolute Gasteiger partial charge is 0.350 e. The van der Waals surface area contributed by atoms with E-state index in [9.17, 15) is 13.2 Å². The minimum atomic E-state index is -3.85. The van der Waals surface area contributed by atoms with E-state index in [1.807, 2.05) is 13.0 Å². The first-order valence-corrected chi connectivity index (χ1v) is 12.4. The number of anilines is 1. The van der Waals surface area contributed by atoms with Gasteiger partial charge >= 0.3 is 0 Å². The summed E-state index contributed by atoms with van der Waals surface area (Å²) < 4.78 is 28.2. The van der Waals surface area contributed by atoms with Gasteiger partial charge in [0.15, 0.2) is 0 Å². The molecule has 168 valence electrons. The molecule has 1 unspecified atom stereocenters. The van der Waals surface area contributed by atoms with E-state index in [0.717, 1.165) is 37.4 Å². The van der Waals surface area contributed by atoms with E-state index in [1.165, 1.54) is 18.2 Å². The van der Waals surface area contributed by atoms with Crippen LogP contribution in [0.3, 0.4) is 0 Å². The molecule has 31 heavy (non-hydrogen) atoms. The molecule has 0 spiro atoms. The van der Waals surface area contributed by atoms with Crippen molar-refractivity contribution in [1.82, 2.24) is 10.2 Å². The molecule has 0 radical (unpaired) electrons. The summed E-state index contributed by atoms with van der Waals surface area (Å²) in [6.07, 6.45) is 2.33. The number of hydrogen-bond donors (Lipinski definition) is 2. The Morgan fingerprint density at radius 2 is 1.90 bits per heavy atom. The van der Waals surface area contributed by atoms with E-state index < -0.39 is 10.0 Å². The predicted molar refractivity (Wildman–Crippen MR) is 125 cm³/mol. The van der Waals surface area contributed by atoms with Crippen LogP contribution in [0.15, 0.2) is 47.4 Å². The molecular formula is C23H30ClN3O3S. The molecule has 6 nitrogen and oxygen atoms in total. The lowest BCUT2D eigenvalue weighted by atomic mass is 9.98. The van der Waals surface area contributed by atoms with Gasteiger partial charge in [-0.1, -0.05) is 30.7 Å². The van der Waals surface area contributed by atoms with E-state index in [-0.39, 0.29) is 27.4 Å².